The molecule has 0 radical (unpaired) electrons. The maximum absolute atomic E-state index is 6.39. The van der Waals surface area contributed by atoms with Gasteiger partial charge >= 0.3 is 0 Å². The lowest BCUT2D eigenvalue weighted by molar-refractivity contribution is 0.0659. The van der Waals surface area contributed by atoms with Crippen LogP contribution in [0, 0.1) is 0 Å². The standard InChI is InChI=1S/C22H23NO3/c1-4-15-10-11-19-18(13-15)21(26-14-16-7-6-12-23(16)19)17-8-5-9-20(24-2)22(17)25-3/h5-13,21H,4,14H2,1-3H3. The first-order valence-electron chi connectivity index (χ1n) is 8.88. The summed E-state index contributed by atoms with van der Waals surface area (Å²) in [5, 5.41) is 0. The van der Waals surface area contributed by atoms with Crippen molar-refractivity contribution in [3.8, 4) is 17.2 Å². The molecule has 4 rings (SSSR count). The largest absolute Gasteiger partial charge is 0.493 e. The van der Waals surface area contributed by atoms with E-state index in [1.807, 2.05) is 12.1 Å². The Morgan fingerprint density at radius 2 is 1.92 bits per heavy atom. The Morgan fingerprint density at radius 1 is 1.04 bits per heavy atom. The van der Waals surface area contributed by atoms with E-state index in [0.29, 0.717) is 12.4 Å². The number of benzene rings is 2. The van der Waals surface area contributed by atoms with Crippen molar-refractivity contribution in [2.45, 2.75) is 26.1 Å². The summed E-state index contributed by atoms with van der Waals surface area (Å²) >= 11 is 0. The van der Waals surface area contributed by atoms with E-state index in [-0.39, 0.29) is 6.10 Å². The van der Waals surface area contributed by atoms with Gasteiger partial charge in [0, 0.05) is 23.0 Å². The van der Waals surface area contributed by atoms with Crippen LogP contribution in [0.25, 0.3) is 5.69 Å². The summed E-state index contributed by atoms with van der Waals surface area (Å²) in [4.78, 5) is 0. The van der Waals surface area contributed by atoms with Gasteiger partial charge in [0.25, 0.3) is 0 Å². The van der Waals surface area contributed by atoms with Crippen molar-refractivity contribution in [1.29, 1.82) is 0 Å². The molecule has 1 aromatic heterocycles. The lowest BCUT2D eigenvalue weighted by Crippen LogP contribution is -2.09. The number of para-hydroxylation sites is 1. The number of ether oxygens (including phenoxy) is 3. The van der Waals surface area contributed by atoms with Crippen LogP contribution >= 0.6 is 0 Å². The Balaban J connectivity index is 1.93. The monoisotopic (exact) mass is 349 g/mol. The van der Waals surface area contributed by atoms with Crippen LogP contribution in [0.15, 0.2) is 54.7 Å². The van der Waals surface area contributed by atoms with Gasteiger partial charge in [0.15, 0.2) is 11.5 Å². The molecule has 1 atom stereocenters. The minimum atomic E-state index is -0.221. The van der Waals surface area contributed by atoms with Crippen LogP contribution in [0.4, 0.5) is 0 Å². The number of nitrogens with zero attached hydrogens (tertiary/aromatic N) is 1. The van der Waals surface area contributed by atoms with Crippen LogP contribution in [-0.2, 0) is 17.8 Å². The fraction of sp³-hybridized carbons (Fsp3) is 0.273. The van der Waals surface area contributed by atoms with E-state index in [0.717, 1.165) is 34.7 Å². The van der Waals surface area contributed by atoms with Crippen LogP contribution in [0.3, 0.4) is 0 Å². The van der Waals surface area contributed by atoms with Crippen LogP contribution < -0.4 is 9.47 Å². The van der Waals surface area contributed by atoms with E-state index in [1.165, 1.54) is 5.56 Å². The molecule has 0 bridgehead atoms. The lowest BCUT2D eigenvalue weighted by Gasteiger charge is -2.22. The molecular weight excluding hydrogens is 326 g/mol. The molecule has 0 fully saturated rings. The zero-order valence-electron chi connectivity index (χ0n) is 15.4. The molecular formula is C22H23NO3. The summed E-state index contributed by atoms with van der Waals surface area (Å²) in [7, 11) is 3.33. The van der Waals surface area contributed by atoms with E-state index < -0.39 is 0 Å². The summed E-state index contributed by atoms with van der Waals surface area (Å²) in [6.45, 7) is 2.70. The first-order valence-corrected chi connectivity index (χ1v) is 8.88. The van der Waals surface area contributed by atoms with Crippen LogP contribution in [0.2, 0.25) is 0 Å². The van der Waals surface area contributed by atoms with Gasteiger partial charge in [-0.25, -0.2) is 0 Å². The van der Waals surface area contributed by atoms with Crippen molar-refractivity contribution < 1.29 is 14.2 Å². The smallest absolute Gasteiger partial charge is 0.166 e. The third-order valence-corrected chi connectivity index (χ3v) is 4.99. The van der Waals surface area contributed by atoms with Crippen molar-refractivity contribution in [1.82, 2.24) is 4.57 Å². The minimum absolute atomic E-state index is 0.221. The number of fused-ring (bicyclic) bond motifs is 3. The molecule has 0 spiro atoms. The van der Waals surface area contributed by atoms with Crippen LogP contribution in [0.5, 0.6) is 11.5 Å². The van der Waals surface area contributed by atoms with Crippen molar-refractivity contribution in [2.75, 3.05) is 14.2 Å². The summed E-state index contributed by atoms with van der Waals surface area (Å²) in [6, 6.07) is 16.7. The molecule has 0 saturated heterocycles. The number of rotatable bonds is 4. The Kier molecular flexibility index (Phi) is 4.43. The number of hydrogen-bond donors (Lipinski definition) is 0. The summed E-state index contributed by atoms with van der Waals surface area (Å²) in [5.41, 5.74) is 5.70. The van der Waals surface area contributed by atoms with Crippen molar-refractivity contribution >= 4 is 0 Å². The van der Waals surface area contributed by atoms with Crippen LogP contribution in [0.1, 0.15) is 35.4 Å². The van der Waals surface area contributed by atoms with Gasteiger partial charge in [0.1, 0.15) is 6.10 Å². The van der Waals surface area contributed by atoms with Gasteiger partial charge in [-0.2, -0.15) is 0 Å². The van der Waals surface area contributed by atoms with Gasteiger partial charge in [-0.3, -0.25) is 0 Å². The van der Waals surface area contributed by atoms with Gasteiger partial charge in [0.05, 0.1) is 26.5 Å². The lowest BCUT2D eigenvalue weighted by atomic mass is 9.96. The number of aryl methyl sites for hydroxylation is 1. The quantitative estimate of drug-likeness (QED) is 0.686. The zero-order chi connectivity index (χ0) is 18.1. The van der Waals surface area contributed by atoms with E-state index in [1.54, 1.807) is 14.2 Å². The van der Waals surface area contributed by atoms with E-state index >= 15 is 0 Å². The topological polar surface area (TPSA) is 32.6 Å². The predicted octanol–water partition coefficient (Wildman–Crippen LogP) is 4.68. The number of hydrogen-bond acceptors (Lipinski definition) is 3. The second-order valence-corrected chi connectivity index (χ2v) is 6.39. The normalized spacial score (nSPS) is 15.7. The maximum Gasteiger partial charge on any atom is 0.166 e. The van der Waals surface area contributed by atoms with E-state index in [9.17, 15) is 0 Å². The molecule has 4 nitrogen and oxygen atoms in total. The first kappa shape index (κ1) is 16.7. The van der Waals surface area contributed by atoms with Crippen molar-refractivity contribution in [3.05, 3.63) is 77.1 Å². The molecule has 0 aliphatic carbocycles. The van der Waals surface area contributed by atoms with Crippen LogP contribution in [-0.4, -0.2) is 18.8 Å². The average molecular weight is 349 g/mol. The molecule has 0 N–H and O–H groups in total. The van der Waals surface area contributed by atoms with Gasteiger partial charge in [-0.1, -0.05) is 31.2 Å². The Hall–Kier alpha value is -2.72. The van der Waals surface area contributed by atoms with Crippen molar-refractivity contribution in [3.63, 3.8) is 0 Å². The fourth-order valence-corrected chi connectivity index (χ4v) is 3.66. The van der Waals surface area contributed by atoms with E-state index in [2.05, 4.69) is 54.1 Å². The SMILES string of the molecule is CCc1ccc2c(c1)C(c1cccc(OC)c1OC)OCc1cccn1-2. The van der Waals surface area contributed by atoms with Gasteiger partial charge in [-0.15, -0.1) is 0 Å². The Labute approximate surface area is 153 Å². The molecule has 1 aliphatic rings. The number of aromatic nitrogens is 1. The summed E-state index contributed by atoms with van der Waals surface area (Å²) in [6.07, 6.45) is 2.85. The third kappa shape index (κ3) is 2.67. The molecule has 2 aromatic carbocycles. The first-order chi connectivity index (χ1) is 12.8. The third-order valence-electron chi connectivity index (χ3n) is 4.99. The molecule has 134 valence electrons. The Bertz CT molecular complexity index is 929. The van der Waals surface area contributed by atoms with Gasteiger partial charge in [-0.05, 0) is 36.2 Å². The Morgan fingerprint density at radius 3 is 2.69 bits per heavy atom. The van der Waals surface area contributed by atoms with Gasteiger partial charge in [0.2, 0.25) is 0 Å². The average Bonchev–Trinajstić information content (AvgIpc) is 3.10. The highest BCUT2D eigenvalue weighted by atomic mass is 16.5. The van der Waals surface area contributed by atoms with Crippen molar-refractivity contribution in [2.24, 2.45) is 0 Å². The summed E-state index contributed by atoms with van der Waals surface area (Å²) < 4.78 is 19.8. The second-order valence-electron chi connectivity index (χ2n) is 6.39. The summed E-state index contributed by atoms with van der Waals surface area (Å²) in [5.74, 6) is 1.44. The second kappa shape index (κ2) is 6.89. The fourth-order valence-electron chi connectivity index (χ4n) is 3.66. The molecule has 4 heteroatoms. The molecule has 1 aliphatic heterocycles. The molecule has 0 saturated carbocycles. The van der Waals surface area contributed by atoms with Gasteiger partial charge < -0.3 is 18.8 Å². The number of methoxy groups -OCH3 is 2. The molecule has 0 amide bonds. The predicted molar refractivity (Wildman–Crippen MR) is 101 cm³/mol. The molecule has 3 aromatic rings. The minimum Gasteiger partial charge on any atom is -0.493 e. The zero-order valence-corrected chi connectivity index (χ0v) is 15.4. The highest BCUT2D eigenvalue weighted by Crippen LogP contribution is 2.42. The van der Waals surface area contributed by atoms with E-state index in [4.69, 9.17) is 14.2 Å². The maximum atomic E-state index is 6.39. The molecule has 26 heavy (non-hydrogen) atoms. The molecule has 2 heterocycles. The highest BCUT2D eigenvalue weighted by Gasteiger charge is 2.27. The highest BCUT2D eigenvalue weighted by molar-refractivity contribution is 5.55. The molecule has 1 unspecified atom stereocenters.